The summed E-state index contributed by atoms with van der Waals surface area (Å²) >= 11 is 0. The van der Waals surface area contributed by atoms with Gasteiger partial charge < -0.3 is 10.1 Å². The lowest BCUT2D eigenvalue weighted by Gasteiger charge is -2.23. The molecule has 1 atom stereocenters. The van der Waals surface area contributed by atoms with Crippen molar-refractivity contribution in [3.8, 4) is 0 Å². The number of nitrogens with zero attached hydrogens (tertiary/aromatic N) is 1. The van der Waals surface area contributed by atoms with Crippen LogP contribution in [0.1, 0.15) is 23.9 Å². The molecular weight excluding hydrogens is 188 g/mol. The largest absolute Gasteiger partial charge is 0.377 e. The van der Waals surface area contributed by atoms with Crippen LogP contribution in [0.3, 0.4) is 0 Å². The smallest absolute Gasteiger partial charge is 0.144 e. The molecule has 2 rings (SSSR count). The van der Waals surface area contributed by atoms with E-state index in [9.17, 15) is 5.11 Å². The van der Waals surface area contributed by atoms with Gasteiger partial charge in [0.2, 0.25) is 0 Å². The fourth-order valence-electron chi connectivity index (χ4n) is 1.78. The van der Waals surface area contributed by atoms with E-state index in [0.29, 0.717) is 5.82 Å². The molecule has 1 aromatic heterocycles. The molecule has 3 heteroatoms. The van der Waals surface area contributed by atoms with Crippen LogP contribution in [-0.2, 0) is 5.60 Å². The number of aryl methyl sites for hydroxylation is 1. The Bertz CT molecular complexity index is 446. The average Bonchev–Trinajstić information content (AvgIpc) is 2.71. The van der Waals surface area contributed by atoms with Crippen LogP contribution >= 0.6 is 0 Å². The Morgan fingerprint density at radius 1 is 1.33 bits per heavy atom. The van der Waals surface area contributed by atoms with Crippen molar-refractivity contribution in [2.75, 3.05) is 0 Å². The first kappa shape index (κ1) is 9.93. The fraction of sp³-hybridized carbons (Fsp3) is 0.250. The first-order chi connectivity index (χ1) is 7.12. The lowest BCUT2D eigenvalue weighted by molar-refractivity contribution is 0.0925. The number of aromatic nitrogens is 2. The quantitative estimate of drug-likeness (QED) is 0.782. The highest BCUT2D eigenvalue weighted by molar-refractivity contribution is 5.35. The first-order valence-corrected chi connectivity index (χ1v) is 4.90. The third kappa shape index (κ3) is 1.66. The summed E-state index contributed by atoms with van der Waals surface area (Å²) in [5.74, 6) is 0.566. The zero-order valence-corrected chi connectivity index (χ0v) is 8.86. The van der Waals surface area contributed by atoms with Crippen LogP contribution < -0.4 is 0 Å². The minimum Gasteiger partial charge on any atom is -0.377 e. The van der Waals surface area contributed by atoms with E-state index >= 15 is 0 Å². The van der Waals surface area contributed by atoms with E-state index < -0.39 is 5.60 Å². The number of nitrogens with one attached hydrogen (secondary N) is 1. The van der Waals surface area contributed by atoms with E-state index in [1.54, 1.807) is 19.3 Å². The molecule has 0 aliphatic heterocycles. The summed E-state index contributed by atoms with van der Waals surface area (Å²) in [4.78, 5) is 7.04. The van der Waals surface area contributed by atoms with Gasteiger partial charge >= 0.3 is 0 Å². The molecule has 0 saturated carbocycles. The second-order valence-electron chi connectivity index (χ2n) is 3.82. The Morgan fingerprint density at radius 3 is 2.67 bits per heavy atom. The van der Waals surface area contributed by atoms with Crippen LogP contribution in [0.25, 0.3) is 0 Å². The molecule has 0 amide bonds. The molecule has 1 heterocycles. The van der Waals surface area contributed by atoms with Crippen LogP contribution in [-0.4, -0.2) is 15.1 Å². The molecule has 0 aliphatic carbocycles. The molecule has 0 unspecified atom stereocenters. The summed E-state index contributed by atoms with van der Waals surface area (Å²) in [5, 5.41) is 10.4. The number of aliphatic hydroxyl groups is 1. The standard InChI is InChI=1S/C12H14N2O/c1-9-5-3-4-6-10(9)12(2,15)11-13-7-8-14-11/h3-8,15H,1-2H3,(H,13,14)/t12-/m0/s1. The molecule has 3 nitrogen and oxygen atoms in total. The van der Waals surface area contributed by atoms with E-state index in [0.717, 1.165) is 11.1 Å². The highest BCUT2D eigenvalue weighted by Gasteiger charge is 2.29. The molecule has 0 aliphatic rings. The highest BCUT2D eigenvalue weighted by atomic mass is 16.3. The molecule has 1 aromatic carbocycles. The summed E-state index contributed by atoms with van der Waals surface area (Å²) in [5.41, 5.74) is 0.869. The minimum absolute atomic E-state index is 0.566. The molecular formula is C12H14N2O. The van der Waals surface area contributed by atoms with Gasteiger partial charge in [0.25, 0.3) is 0 Å². The van der Waals surface area contributed by atoms with E-state index in [4.69, 9.17) is 0 Å². The van der Waals surface area contributed by atoms with Crippen LogP contribution in [0.5, 0.6) is 0 Å². The number of H-pyrrole nitrogens is 1. The number of benzene rings is 1. The van der Waals surface area contributed by atoms with Gasteiger partial charge in [0, 0.05) is 12.4 Å². The lowest BCUT2D eigenvalue weighted by Crippen LogP contribution is -2.25. The van der Waals surface area contributed by atoms with Crippen molar-refractivity contribution in [1.82, 2.24) is 9.97 Å². The van der Waals surface area contributed by atoms with E-state index in [1.807, 2.05) is 31.2 Å². The average molecular weight is 202 g/mol. The molecule has 0 saturated heterocycles. The highest BCUT2D eigenvalue weighted by Crippen LogP contribution is 2.28. The Labute approximate surface area is 88.8 Å². The van der Waals surface area contributed by atoms with Crippen LogP contribution in [0.2, 0.25) is 0 Å². The van der Waals surface area contributed by atoms with Gasteiger partial charge in [-0.2, -0.15) is 0 Å². The van der Waals surface area contributed by atoms with Crippen molar-refractivity contribution >= 4 is 0 Å². The van der Waals surface area contributed by atoms with Crippen molar-refractivity contribution in [3.63, 3.8) is 0 Å². The summed E-state index contributed by atoms with van der Waals surface area (Å²) in [7, 11) is 0. The molecule has 0 fully saturated rings. The molecule has 78 valence electrons. The Hall–Kier alpha value is -1.61. The van der Waals surface area contributed by atoms with Gasteiger partial charge in [0.1, 0.15) is 11.4 Å². The van der Waals surface area contributed by atoms with Gasteiger partial charge in [-0.25, -0.2) is 4.98 Å². The minimum atomic E-state index is -1.06. The number of hydrogen-bond donors (Lipinski definition) is 2. The topological polar surface area (TPSA) is 48.9 Å². The van der Waals surface area contributed by atoms with Crippen LogP contribution in [0.15, 0.2) is 36.7 Å². The van der Waals surface area contributed by atoms with Gasteiger partial charge in [-0.1, -0.05) is 24.3 Å². The maximum atomic E-state index is 10.4. The molecule has 2 aromatic rings. The summed E-state index contributed by atoms with van der Waals surface area (Å²) in [6, 6.07) is 7.77. The van der Waals surface area contributed by atoms with Gasteiger partial charge in [0.05, 0.1) is 0 Å². The maximum Gasteiger partial charge on any atom is 0.144 e. The Kier molecular flexibility index (Phi) is 2.32. The number of hydrogen-bond acceptors (Lipinski definition) is 2. The van der Waals surface area contributed by atoms with Gasteiger partial charge in [-0.3, -0.25) is 0 Å². The summed E-state index contributed by atoms with van der Waals surface area (Å²) < 4.78 is 0. The van der Waals surface area contributed by atoms with Gasteiger partial charge in [-0.15, -0.1) is 0 Å². The third-order valence-electron chi connectivity index (χ3n) is 2.63. The van der Waals surface area contributed by atoms with Crippen molar-refractivity contribution in [3.05, 3.63) is 53.6 Å². The molecule has 0 radical (unpaired) electrons. The van der Waals surface area contributed by atoms with Crippen LogP contribution in [0, 0.1) is 6.92 Å². The van der Waals surface area contributed by atoms with Crippen molar-refractivity contribution in [2.24, 2.45) is 0 Å². The number of aromatic amines is 1. The Balaban J connectivity index is 2.51. The molecule has 0 spiro atoms. The summed E-state index contributed by atoms with van der Waals surface area (Å²) in [6.45, 7) is 3.72. The zero-order valence-electron chi connectivity index (χ0n) is 8.86. The fourth-order valence-corrected chi connectivity index (χ4v) is 1.78. The second-order valence-corrected chi connectivity index (χ2v) is 3.82. The number of imidazole rings is 1. The van der Waals surface area contributed by atoms with E-state index in [-0.39, 0.29) is 0 Å². The Morgan fingerprint density at radius 2 is 2.07 bits per heavy atom. The molecule has 15 heavy (non-hydrogen) atoms. The monoisotopic (exact) mass is 202 g/mol. The third-order valence-corrected chi connectivity index (χ3v) is 2.63. The predicted molar refractivity (Wildman–Crippen MR) is 58.4 cm³/mol. The van der Waals surface area contributed by atoms with Crippen molar-refractivity contribution in [1.29, 1.82) is 0 Å². The second kappa shape index (κ2) is 3.51. The van der Waals surface area contributed by atoms with Gasteiger partial charge in [-0.05, 0) is 25.0 Å². The predicted octanol–water partition coefficient (Wildman–Crippen LogP) is 1.97. The molecule has 0 bridgehead atoms. The summed E-state index contributed by atoms with van der Waals surface area (Å²) in [6.07, 6.45) is 3.35. The maximum absolute atomic E-state index is 10.4. The SMILES string of the molecule is Cc1ccccc1[C@](C)(O)c1ncc[nH]1. The number of rotatable bonds is 2. The van der Waals surface area contributed by atoms with Crippen LogP contribution in [0.4, 0.5) is 0 Å². The molecule has 2 N–H and O–H groups in total. The van der Waals surface area contributed by atoms with E-state index in [2.05, 4.69) is 9.97 Å². The first-order valence-electron chi connectivity index (χ1n) is 4.90. The van der Waals surface area contributed by atoms with Crippen molar-refractivity contribution in [2.45, 2.75) is 19.4 Å². The zero-order chi connectivity index (χ0) is 10.9. The normalized spacial score (nSPS) is 14.9. The van der Waals surface area contributed by atoms with Crippen molar-refractivity contribution < 1.29 is 5.11 Å². The van der Waals surface area contributed by atoms with Gasteiger partial charge in [0.15, 0.2) is 0 Å². The van der Waals surface area contributed by atoms with E-state index in [1.165, 1.54) is 0 Å². The lowest BCUT2D eigenvalue weighted by atomic mass is 9.91.